The minimum absolute atomic E-state index is 0.0209. The smallest absolute Gasteiger partial charge is 0.264 e. The van der Waals surface area contributed by atoms with Gasteiger partial charge >= 0.3 is 0 Å². The van der Waals surface area contributed by atoms with Crippen LogP contribution in [0.2, 0.25) is 0 Å². The van der Waals surface area contributed by atoms with Gasteiger partial charge in [0.25, 0.3) is 6.71 Å². The van der Waals surface area contributed by atoms with Gasteiger partial charge in [-0.3, -0.25) is 0 Å². The maximum Gasteiger partial charge on any atom is 0.264 e. The van der Waals surface area contributed by atoms with Gasteiger partial charge in [-0.1, -0.05) is 157 Å². The zero-order valence-electron chi connectivity index (χ0n) is 40.3. The van der Waals surface area contributed by atoms with Crippen LogP contribution in [0.25, 0.3) is 21.2 Å². The molecule has 0 unspecified atom stereocenters. The maximum absolute atomic E-state index is 2.68. The number of anilines is 6. The molecule has 7 aromatic rings. The molecule has 1 aromatic heterocycles. The molecule has 2 aliphatic heterocycles. The van der Waals surface area contributed by atoms with Crippen LogP contribution in [0.1, 0.15) is 136 Å². The Labute approximate surface area is 382 Å². The van der Waals surface area contributed by atoms with Gasteiger partial charge in [0.15, 0.2) is 0 Å². The van der Waals surface area contributed by atoms with Crippen molar-refractivity contribution in [3.05, 3.63) is 149 Å². The number of fused-ring (bicyclic) bond motifs is 7. The van der Waals surface area contributed by atoms with Gasteiger partial charge in [0.2, 0.25) is 0 Å². The Morgan fingerprint density at radius 1 is 0.540 bits per heavy atom. The molecular formula is C59H65BN2S. The second-order valence-corrected chi connectivity index (χ2v) is 24.5. The van der Waals surface area contributed by atoms with Crippen LogP contribution < -0.4 is 25.5 Å². The molecule has 0 bridgehead atoms. The van der Waals surface area contributed by atoms with E-state index in [1.54, 1.807) is 0 Å². The fourth-order valence-electron chi connectivity index (χ4n) is 10.8. The van der Waals surface area contributed by atoms with Crippen molar-refractivity contribution >= 4 is 78.0 Å². The van der Waals surface area contributed by atoms with E-state index in [9.17, 15) is 0 Å². The number of nitrogens with zero attached hydrogens (tertiary/aromatic N) is 2. The highest BCUT2D eigenvalue weighted by molar-refractivity contribution is 7.33. The summed E-state index contributed by atoms with van der Waals surface area (Å²) >= 11 is 2.01. The topological polar surface area (TPSA) is 6.48 Å². The van der Waals surface area contributed by atoms with Crippen LogP contribution in [-0.2, 0) is 27.1 Å². The van der Waals surface area contributed by atoms with Crippen molar-refractivity contribution in [1.82, 2.24) is 0 Å². The first kappa shape index (κ1) is 41.9. The molecule has 3 heterocycles. The fourth-order valence-corrected chi connectivity index (χ4v) is 12.2. The minimum Gasteiger partial charge on any atom is -0.311 e. The van der Waals surface area contributed by atoms with E-state index in [0.717, 1.165) is 0 Å². The Hall–Kier alpha value is -5.06. The largest absolute Gasteiger partial charge is 0.311 e. The molecule has 3 aliphatic rings. The van der Waals surface area contributed by atoms with Crippen molar-refractivity contribution in [2.75, 3.05) is 9.80 Å². The number of thiophene rings is 1. The summed E-state index contributed by atoms with van der Waals surface area (Å²) in [5.41, 5.74) is 21.5. The van der Waals surface area contributed by atoms with Crippen molar-refractivity contribution in [2.24, 2.45) is 0 Å². The van der Waals surface area contributed by atoms with Gasteiger partial charge in [-0.2, -0.15) is 0 Å². The zero-order valence-corrected chi connectivity index (χ0v) is 41.1. The lowest BCUT2D eigenvalue weighted by Gasteiger charge is -2.46. The van der Waals surface area contributed by atoms with E-state index < -0.39 is 0 Å². The highest BCUT2D eigenvalue weighted by Crippen LogP contribution is 2.54. The molecule has 0 spiro atoms. The van der Waals surface area contributed by atoms with Gasteiger partial charge < -0.3 is 9.80 Å². The normalized spacial score (nSPS) is 16.4. The van der Waals surface area contributed by atoms with Crippen molar-refractivity contribution < 1.29 is 0 Å². The van der Waals surface area contributed by atoms with Crippen LogP contribution in [0.5, 0.6) is 0 Å². The zero-order chi connectivity index (χ0) is 44.8. The van der Waals surface area contributed by atoms with Gasteiger partial charge in [-0.05, 0) is 145 Å². The number of hydrogen-bond donors (Lipinski definition) is 0. The first-order valence-electron chi connectivity index (χ1n) is 23.3. The predicted molar refractivity (Wildman–Crippen MR) is 277 cm³/mol. The second-order valence-electron chi connectivity index (χ2n) is 23.5. The van der Waals surface area contributed by atoms with Crippen molar-refractivity contribution in [1.29, 1.82) is 0 Å². The van der Waals surface area contributed by atoms with E-state index >= 15 is 0 Å². The standard InChI is InChI=1S/C59H65BN2S/c1-36-30-49-52-50(31-36)62(48-35-45-44(58(11,12)28-29-59(45,13)14)34-43(48)37-18-16-15-17-19-37)47-27-23-39(56(5,6)7)32-46(47)60(52)54-53(42-26-22-40(57(8,9)10)33-51(42)63-54)61(49)41-24-20-38(21-25-41)55(2,3)4/h15-27,30-35H,28-29H2,1-14H3. The molecule has 0 N–H and O–H groups in total. The summed E-state index contributed by atoms with van der Waals surface area (Å²) in [7, 11) is 0. The van der Waals surface area contributed by atoms with Crippen LogP contribution in [0.15, 0.2) is 115 Å². The van der Waals surface area contributed by atoms with Gasteiger partial charge in [-0.15, -0.1) is 11.3 Å². The van der Waals surface area contributed by atoms with Crippen LogP contribution in [0, 0.1) is 6.92 Å². The molecule has 0 radical (unpaired) electrons. The van der Waals surface area contributed by atoms with Crippen LogP contribution in [0.3, 0.4) is 0 Å². The van der Waals surface area contributed by atoms with Gasteiger partial charge in [0.1, 0.15) is 0 Å². The fraction of sp³-hybridized carbons (Fsp3) is 0.356. The molecule has 6 aromatic carbocycles. The number of benzene rings is 6. The van der Waals surface area contributed by atoms with Crippen molar-refractivity contribution in [2.45, 2.75) is 137 Å². The summed E-state index contributed by atoms with van der Waals surface area (Å²) in [6.45, 7) is 33.2. The van der Waals surface area contributed by atoms with E-state index in [-0.39, 0.29) is 33.8 Å². The van der Waals surface area contributed by atoms with Crippen LogP contribution >= 0.6 is 11.3 Å². The third-order valence-corrected chi connectivity index (χ3v) is 16.0. The molecule has 0 fully saturated rings. The Bertz CT molecular complexity index is 2960. The third-order valence-electron chi connectivity index (χ3n) is 14.8. The molecule has 1 aliphatic carbocycles. The van der Waals surface area contributed by atoms with Gasteiger partial charge in [-0.25, -0.2) is 0 Å². The molecule has 0 amide bonds. The van der Waals surface area contributed by atoms with E-state index in [0.29, 0.717) is 0 Å². The molecule has 0 atom stereocenters. The predicted octanol–water partition coefficient (Wildman–Crippen LogP) is 15.2. The average molecular weight is 845 g/mol. The molecule has 0 saturated carbocycles. The van der Waals surface area contributed by atoms with Crippen LogP contribution in [-0.4, -0.2) is 6.71 Å². The summed E-state index contributed by atoms with van der Waals surface area (Å²) in [6.07, 6.45) is 2.34. The van der Waals surface area contributed by atoms with E-state index in [4.69, 9.17) is 0 Å². The molecule has 63 heavy (non-hydrogen) atoms. The monoisotopic (exact) mass is 844 g/mol. The number of hydrogen-bond acceptors (Lipinski definition) is 3. The molecule has 2 nitrogen and oxygen atoms in total. The highest BCUT2D eigenvalue weighted by atomic mass is 32.1. The molecular weight excluding hydrogens is 780 g/mol. The molecule has 320 valence electrons. The average Bonchev–Trinajstić information content (AvgIpc) is 3.60. The summed E-state index contributed by atoms with van der Waals surface area (Å²) in [5, 5.41) is 1.33. The summed E-state index contributed by atoms with van der Waals surface area (Å²) in [6, 6.07) is 45.6. The summed E-state index contributed by atoms with van der Waals surface area (Å²) in [5.74, 6) is 0. The number of aryl methyl sites for hydroxylation is 1. The first-order chi connectivity index (χ1) is 29.5. The molecule has 10 rings (SSSR count). The quantitative estimate of drug-likeness (QED) is 0.164. The van der Waals surface area contributed by atoms with Crippen LogP contribution in [0.4, 0.5) is 34.1 Å². The third kappa shape index (κ3) is 6.72. The lowest BCUT2D eigenvalue weighted by molar-refractivity contribution is 0.332. The number of rotatable bonds is 3. The first-order valence-corrected chi connectivity index (χ1v) is 24.2. The Kier molecular flexibility index (Phi) is 9.30. The maximum atomic E-state index is 2.68. The van der Waals surface area contributed by atoms with Crippen molar-refractivity contribution in [3.8, 4) is 11.1 Å². The minimum atomic E-state index is -0.0209. The second kappa shape index (κ2) is 14.0. The van der Waals surface area contributed by atoms with Gasteiger partial charge in [0, 0.05) is 43.2 Å². The van der Waals surface area contributed by atoms with E-state index in [2.05, 4.69) is 222 Å². The lowest BCUT2D eigenvalue weighted by atomic mass is 9.36. The Morgan fingerprint density at radius 2 is 1.10 bits per heavy atom. The lowest BCUT2D eigenvalue weighted by Crippen LogP contribution is -2.60. The summed E-state index contributed by atoms with van der Waals surface area (Å²) in [4.78, 5) is 5.31. The van der Waals surface area contributed by atoms with Crippen molar-refractivity contribution in [3.63, 3.8) is 0 Å². The molecule has 4 heteroatoms. The summed E-state index contributed by atoms with van der Waals surface area (Å²) < 4.78 is 2.79. The Balaban J connectivity index is 1.34. The van der Waals surface area contributed by atoms with Gasteiger partial charge in [0.05, 0.1) is 11.4 Å². The van der Waals surface area contributed by atoms with E-state index in [1.165, 1.54) is 117 Å². The highest BCUT2D eigenvalue weighted by Gasteiger charge is 2.47. The SMILES string of the molecule is Cc1cc2c3c(c1)N(c1ccc(C(C)(C)C)cc1)c1c(sc4cc(C(C)(C)C)ccc14)B3c1cc(C(C)(C)C)ccc1N2c1cc2c(cc1-c1ccccc1)C(C)(C)CCC2(C)C. The Morgan fingerprint density at radius 3 is 1.71 bits per heavy atom. The molecule has 0 saturated heterocycles. The van der Waals surface area contributed by atoms with E-state index in [1.807, 2.05) is 11.3 Å².